The quantitative estimate of drug-likeness (QED) is 0.814. The maximum absolute atomic E-state index is 11.6. The van der Waals surface area contributed by atoms with Crippen LogP contribution in [0.2, 0.25) is 0 Å². The number of hydrogen-bond acceptors (Lipinski definition) is 4. The molecule has 0 spiro atoms. The number of aromatic nitrogens is 3. The first kappa shape index (κ1) is 11.3. The molecule has 0 radical (unpaired) electrons. The summed E-state index contributed by atoms with van der Waals surface area (Å²) >= 11 is 0. The zero-order valence-electron chi connectivity index (χ0n) is 9.82. The molecule has 0 saturated carbocycles. The van der Waals surface area contributed by atoms with Gasteiger partial charge in [-0.05, 0) is 25.0 Å². The van der Waals surface area contributed by atoms with Crippen LogP contribution in [0.25, 0.3) is 11.4 Å². The van der Waals surface area contributed by atoms with Gasteiger partial charge in [0.05, 0.1) is 5.56 Å². The van der Waals surface area contributed by atoms with Gasteiger partial charge < -0.3 is 10.7 Å². The summed E-state index contributed by atoms with van der Waals surface area (Å²) in [5.41, 5.74) is 7.84. The Kier molecular flexibility index (Phi) is 2.91. The fourth-order valence-corrected chi connectivity index (χ4v) is 1.62. The fraction of sp³-hybridized carbons (Fsp3) is 0.250. The van der Waals surface area contributed by atoms with Gasteiger partial charge in [-0.3, -0.25) is 9.78 Å². The van der Waals surface area contributed by atoms with Gasteiger partial charge in [0.15, 0.2) is 0 Å². The number of nitrogens with zero attached hydrogens (tertiary/aromatic N) is 2. The number of H-pyrrole nitrogens is 1. The first-order valence-corrected chi connectivity index (χ1v) is 5.43. The minimum absolute atomic E-state index is 0.202. The van der Waals surface area contributed by atoms with Gasteiger partial charge in [0.25, 0.3) is 5.56 Å². The van der Waals surface area contributed by atoms with E-state index in [9.17, 15) is 4.79 Å². The van der Waals surface area contributed by atoms with E-state index >= 15 is 0 Å². The molecule has 5 nitrogen and oxygen atoms in total. The van der Waals surface area contributed by atoms with Crippen molar-refractivity contribution in [3.05, 3.63) is 39.9 Å². The minimum atomic E-state index is -0.202. The van der Waals surface area contributed by atoms with Crippen molar-refractivity contribution in [3.63, 3.8) is 0 Å². The SMILES string of the molecule is CCc1cnccc1-c1nc(N)c(C)c(=O)[nH]1. The molecular weight excluding hydrogens is 216 g/mol. The normalized spacial score (nSPS) is 10.5. The summed E-state index contributed by atoms with van der Waals surface area (Å²) in [5.74, 6) is 0.764. The minimum Gasteiger partial charge on any atom is -0.383 e. The molecule has 2 aromatic rings. The van der Waals surface area contributed by atoms with Gasteiger partial charge in [-0.1, -0.05) is 6.92 Å². The third kappa shape index (κ3) is 2.04. The number of nitrogen functional groups attached to an aromatic ring is 1. The first-order valence-electron chi connectivity index (χ1n) is 5.43. The van der Waals surface area contributed by atoms with E-state index < -0.39 is 0 Å². The molecule has 2 heterocycles. The van der Waals surface area contributed by atoms with Crippen LogP contribution in [0.3, 0.4) is 0 Å². The Bertz CT molecular complexity index is 604. The highest BCUT2D eigenvalue weighted by Gasteiger charge is 2.09. The zero-order valence-corrected chi connectivity index (χ0v) is 9.82. The molecule has 3 N–H and O–H groups in total. The summed E-state index contributed by atoms with van der Waals surface area (Å²) in [6.45, 7) is 3.67. The number of pyridine rings is 1. The van der Waals surface area contributed by atoms with E-state index in [-0.39, 0.29) is 11.4 Å². The second-order valence-electron chi connectivity index (χ2n) is 3.81. The van der Waals surface area contributed by atoms with E-state index in [0.29, 0.717) is 11.4 Å². The van der Waals surface area contributed by atoms with Crippen molar-refractivity contribution < 1.29 is 0 Å². The van der Waals surface area contributed by atoms with Crippen molar-refractivity contribution in [1.29, 1.82) is 0 Å². The molecule has 0 aliphatic rings. The van der Waals surface area contributed by atoms with E-state index in [0.717, 1.165) is 17.5 Å². The lowest BCUT2D eigenvalue weighted by molar-refractivity contribution is 1.06. The molecule has 0 bridgehead atoms. The Morgan fingerprint density at radius 2 is 2.24 bits per heavy atom. The van der Waals surface area contributed by atoms with E-state index in [2.05, 4.69) is 15.0 Å². The summed E-state index contributed by atoms with van der Waals surface area (Å²) in [7, 11) is 0. The van der Waals surface area contributed by atoms with E-state index in [4.69, 9.17) is 5.73 Å². The maximum atomic E-state index is 11.6. The summed E-state index contributed by atoms with van der Waals surface area (Å²) in [4.78, 5) is 22.6. The molecule has 17 heavy (non-hydrogen) atoms. The summed E-state index contributed by atoms with van der Waals surface area (Å²) in [5, 5.41) is 0. The van der Waals surface area contributed by atoms with Crippen molar-refractivity contribution in [2.75, 3.05) is 5.73 Å². The van der Waals surface area contributed by atoms with E-state index in [1.165, 1.54) is 0 Å². The highest BCUT2D eigenvalue weighted by atomic mass is 16.1. The molecule has 0 fully saturated rings. The Balaban J connectivity index is 2.65. The van der Waals surface area contributed by atoms with Gasteiger partial charge in [-0.25, -0.2) is 4.98 Å². The average Bonchev–Trinajstić information content (AvgIpc) is 2.35. The third-order valence-corrected chi connectivity index (χ3v) is 2.73. The number of rotatable bonds is 2. The summed E-state index contributed by atoms with van der Waals surface area (Å²) < 4.78 is 0. The number of aryl methyl sites for hydroxylation is 1. The van der Waals surface area contributed by atoms with Crippen LogP contribution in [0.15, 0.2) is 23.3 Å². The van der Waals surface area contributed by atoms with Crippen molar-refractivity contribution >= 4 is 5.82 Å². The summed E-state index contributed by atoms with van der Waals surface area (Å²) in [6, 6.07) is 1.83. The predicted molar refractivity (Wildman–Crippen MR) is 66.6 cm³/mol. The van der Waals surface area contributed by atoms with Gasteiger partial charge in [-0.15, -0.1) is 0 Å². The van der Waals surface area contributed by atoms with Gasteiger partial charge in [0.1, 0.15) is 11.6 Å². The molecule has 0 unspecified atom stereocenters. The topological polar surface area (TPSA) is 84.7 Å². The highest BCUT2D eigenvalue weighted by molar-refractivity contribution is 5.61. The molecule has 0 aliphatic heterocycles. The van der Waals surface area contributed by atoms with Gasteiger partial charge in [0.2, 0.25) is 0 Å². The van der Waals surface area contributed by atoms with Crippen molar-refractivity contribution in [2.24, 2.45) is 0 Å². The molecule has 0 amide bonds. The van der Waals surface area contributed by atoms with Crippen LogP contribution in [-0.4, -0.2) is 15.0 Å². The highest BCUT2D eigenvalue weighted by Crippen LogP contribution is 2.19. The standard InChI is InChI=1S/C12H14N4O/c1-3-8-6-14-5-4-9(8)11-15-10(13)7(2)12(17)16-11/h4-6H,3H2,1-2H3,(H3,13,15,16,17). The fourth-order valence-electron chi connectivity index (χ4n) is 1.62. The Morgan fingerprint density at radius 3 is 2.88 bits per heavy atom. The van der Waals surface area contributed by atoms with Gasteiger partial charge in [0, 0.05) is 18.0 Å². The lowest BCUT2D eigenvalue weighted by Gasteiger charge is -2.07. The van der Waals surface area contributed by atoms with Crippen LogP contribution < -0.4 is 11.3 Å². The average molecular weight is 230 g/mol. The molecule has 2 aromatic heterocycles. The Morgan fingerprint density at radius 1 is 1.47 bits per heavy atom. The zero-order chi connectivity index (χ0) is 12.4. The number of anilines is 1. The van der Waals surface area contributed by atoms with Crippen molar-refractivity contribution in [3.8, 4) is 11.4 Å². The molecule has 5 heteroatoms. The van der Waals surface area contributed by atoms with Crippen LogP contribution in [0, 0.1) is 6.92 Å². The number of aromatic amines is 1. The first-order chi connectivity index (χ1) is 8.13. The van der Waals surface area contributed by atoms with Crippen LogP contribution in [0.5, 0.6) is 0 Å². The number of nitrogens with one attached hydrogen (secondary N) is 1. The van der Waals surface area contributed by atoms with Crippen LogP contribution in [-0.2, 0) is 6.42 Å². The third-order valence-electron chi connectivity index (χ3n) is 2.73. The lowest BCUT2D eigenvalue weighted by Crippen LogP contribution is -2.15. The second-order valence-corrected chi connectivity index (χ2v) is 3.81. The molecule has 0 atom stereocenters. The largest absolute Gasteiger partial charge is 0.383 e. The van der Waals surface area contributed by atoms with E-state index in [1.54, 1.807) is 19.3 Å². The van der Waals surface area contributed by atoms with Crippen LogP contribution in [0.4, 0.5) is 5.82 Å². The second kappa shape index (κ2) is 4.37. The lowest BCUT2D eigenvalue weighted by atomic mass is 10.1. The van der Waals surface area contributed by atoms with Crippen molar-refractivity contribution in [1.82, 2.24) is 15.0 Å². The Hall–Kier alpha value is -2.17. The molecule has 88 valence electrons. The van der Waals surface area contributed by atoms with Crippen LogP contribution >= 0.6 is 0 Å². The van der Waals surface area contributed by atoms with Gasteiger partial charge in [-0.2, -0.15) is 0 Å². The number of nitrogens with two attached hydrogens (primary N) is 1. The molecule has 0 aromatic carbocycles. The molecule has 2 rings (SSSR count). The summed E-state index contributed by atoms with van der Waals surface area (Å²) in [6.07, 6.45) is 4.26. The van der Waals surface area contributed by atoms with Crippen LogP contribution in [0.1, 0.15) is 18.1 Å². The van der Waals surface area contributed by atoms with E-state index in [1.807, 2.05) is 13.0 Å². The van der Waals surface area contributed by atoms with Gasteiger partial charge >= 0.3 is 0 Å². The molecule has 0 aliphatic carbocycles. The molecule has 0 saturated heterocycles. The smallest absolute Gasteiger partial charge is 0.256 e. The Labute approximate surface area is 98.7 Å². The predicted octanol–water partition coefficient (Wildman–Crippen LogP) is 1.28. The molecular formula is C12H14N4O. The monoisotopic (exact) mass is 230 g/mol. The number of hydrogen-bond donors (Lipinski definition) is 2. The maximum Gasteiger partial charge on any atom is 0.256 e. The van der Waals surface area contributed by atoms with Crippen molar-refractivity contribution in [2.45, 2.75) is 20.3 Å².